The largest absolute Gasteiger partial charge is 0.478 e. The lowest BCUT2D eigenvalue weighted by molar-refractivity contribution is -0.131. The molecule has 0 unspecified atom stereocenters. The van der Waals surface area contributed by atoms with Gasteiger partial charge in [-0.05, 0) is 23.8 Å². The number of nitrogens with two attached hydrogens (primary N) is 1. The summed E-state index contributed by atoms with van der Waals surface area (Å²) >= 11 is 0. The summed E-state index contributed by atoms with van der Waals surface area (Å²) in [5.74, 6) is -1.85. The number of carbonyl (C=O) groups excluding carboxylic acids is 1. The van der Waals surface area contributed by atoms with Gasteiger partial charge in [-0.25, -0.2) is 13.2 Å². The van der Waals surface area contributed by atoms with Crippen LogP contribution in [0.25, 0.3) is 6.08 Å². The van der Waals surface area contributed by atoms with Crippen LogP contribution >= 0.6 is 0 Å². The Balaban J connectivity index is 2.98. The quantitative estimate of drug-likeness (QED) is 0.710. The molecule has 1 aromatic carbocycles. The first-order chi connectivity index (χ1) is 9.23. The fraction of sp³-hybridized carbons (Fsp3) is 0.167. The Morgan fingerprint density at radius 1 is 1.30 bits per heavy atom. The number of likely N-dealkylation sites (N-methyl/N-ethyl adjacent to an activating group) is 1. The van der Waals surface area contributed by atoms with Gasteiger partial charge in [0.1, 0.15) is 0 Å². The van der Waals surface area contributed by atoms with Gasteiger partial charge in [0.2, 0.25) is 15.9 Å². The molecule has 108 valence electrons. The average molecular weight is 298 g/mol. The summed E-state index contributed by atoms with van der Waals surface area (Å²) in [5, 5.41) is 8.48. The molecule has 1 amide bonds. The van der Waals surface area contributed by atoms with Crippen LogP contribution in [0.15, 0.2) is 35.2 Å². The van der Waals surface area contributed by atoms with Crippen molar-refractivity contribution < 1.29 is 23.1 Å². The average Bonchev–Trinajstić information content (AvgIpc) is 2.36. The number of hydrogen-bond donors (Lipinski definition) is 2. The number of amides is 1. The zero-order valence-corrected chi connectivity index (χ0v) is 11.5. The minimum Gasteiger partial charge on any atom is -0.478 e. The molecular weight excluding hydrogens is 284 g/mol. The molecule has 0 saturated heterocycles. The molecule has 0 aliphatic heterocycles. The molecule has 1 rings (SSSR count). The van der Waals surface area contributed by atoms with Gasteiger partial charge in [0.05, 0.1) is 11.4 Å². The number of hydrogen-bond acceptors (Lipinski definition) is 4. The molecule has 1 aromatic rings. The zero-order valence-electron chi connectivity index (χ0n) is 10.7. The smallest absolute Gasteiger partial charge is 0.328 e. The maximum Gasteiger partial charge on any atom is 0.328 e. The van der Waals surface area contributed by atoms with Crippen LogP contribution in [-0.4, -0.2) is 43.3 Å². The van der Waals surface area contributed by atoms with E-state index in [1.165, 1.54) is 37.4 Å². The number of sulfonamides is 1. The minimum absolute atomic E-state index is 0.00581. The molecule has 0 spiro atoms. The molecule has 20 heavy (non-hydrogen) atoms. The molecule has 7 nitrogen and oxygen atoms in total. The van der Waals surface area contributed by atoms with E-state index >= 15 is 0 Å². The molecule has 0 aliphatic carbocycles. The topological polar surface area (TPSA) is 118 Å². The molecule has 0 heterocycles. The van der Waals surface area contributed by atoms with Gasteiger partial charge in [-0.1, -0.05) is 12.1 Å². The van der Waals surface area contributed by atoms with E-state index in [1.807, 2.05) is 0 Å². The predicted octanol–water partition coefficient (Wildman–Crippen LogP) is -0.110. The first-order valence-electron chi connectivity index (χ1n) is 5.49. The van der Waals surface area contributed by atoms with Crippen molar-refractivity contribution in [3.05, 3.63) is 35.9 Å². The van der Waals surface area contributed by atoms with Crippen molar-refractivity contribution in [2.75, 3.05) is 13.6 Å². The molecule has 0 saturated carbocycles. The molecular formula is C12H14N2O5S. The number of aliphatic carboxylic acids is 1. The Bertz CT molecular complexity index is 634. The third-order valence-electron chi connectivity index (χ3n) is 2.39. The summed E-state index contributed by atoms with van der Waals surface area (Å²) in [6.45, 7) is -0.414. The predicted molar refractivity (Wildman–Crippen MR) is 72.1 cm³/mol. The highest BCUT2D eigenvalue weighted by Crippen LogP contribution is 2.15. The van der Waals surface area contributed by atoms with Crippen molar-refractivity contribution in [2.24, 2.45) is 5.73 Å². The Labute approximate surface area is 116 Å². The number of carbonyl (C=O) groups is 2. The second kappa shape index (κ2) is 6.31. The summed E-state index contributed by atoms with van der Waals surface area (Å²) in [6.07, 6.45) is 2.29. The van der Waals surface area contributed by atoms with Crippen molar-refractivity contribution in [3.8, 4) is 0 Å². The highest BCUT2D eigenvalue weighted by atomic mass is 32.2. The third-order valence-corrected chi connectivity index (χ3v) is 4.20. The molecule has 0 bridgehead atoms. The van der Waals surface area contributed by atoms with Crippen LogP contribution in [0.1, 0.15) is 5.56 Å². The number of primary amides is 1. The zero-order chi connectivity index (χ0) is 15.3. The van der Waals surface area contributed by atoms with Crippen LogP contribution < -0.4 is 5.73 Å². The van der Waals surface area contributed by atoms with Crippen molar-refractivity contribution >= 4 is 28.0 Å². The molecule has 0 aliphatic rings. The SMILES string of the molecule is CN(CC(N)=O)S(=O)(=O)c1ccc(/C=C/C(=O)O)cc1. The van der Waals surface area contributed by atoms with E-state index in [9.17, 15) is 18.0 Å². The second-order valence-electron chi connectivity index (χ2n) is 3.97. The van der Waals surface area contributed by atoms with E-state index in [0.29, 0.717) is 5.56 Å². The minimum atomic E-state index is -3.79. The Hall–Kier alpha value is -2.19. The van der Waals surface area contributed by atoms with E-state index in [1.54, 1.807) is 0 Å². The van der Waals surface area contributed by atoms with Gasteiger partial charge in [0, 0.05) is 13.1 Å². The number of carboxylic acid groups (broad SMARTS) is 1. The van der Waals surface area contributed by atoms with Crippen LogP contribution in [0.3, 0.4) is 0 Å². The molecule has 0 aromatic heterocycles. The lowest BCUT2D eigenvalue weighted by atomic mass is 10.2. The fourth-order valence-electron chi connectivity index (χ4n) is 1.40. The lowest BCUT2D eigenvalue weighted by Crippen LogP contribution is -2.35. The van der Waals surface area contributed by atoms with Gasteiger partial charge in [-0.2, -0.15) is 4.31 Å². The van der Waals surface area contributed by atoms with Gasteiger partial charge in [0.15, 0.2) is 0 Å². The number of rotatable bonds is 6. The van der Waals surface area contributed by atoms with Crippen molar-refractivity contribution in [1.82, 2.24) is 4.31 Å². The number of nitrogens with zero attached hydrogens (tertiary/aromatic N) is 1. The van der Waals surface area contributed by atoms with Crippen molar-refractivity contribution in [2.45, 2.75) is 4.90 Å². The van der Waals surface area contributed by atoms with Gasteiger partial charge in [-0.3, -0.25) is 4.79 Å². The van der Waals surface area contributed by atoms with Gasteiger partial charge >= 0.3 is 5.97 Å². The Morgan fingerprint density at radius 3 is 2.30 bits per heavy atom. The fourth-order valence-corrected chi connectivity index (χ4v) is 2.54. The van der Waals surface area contributed by atoms with E-state index in [2.05, 4.69) is 0 Å². The van der Waals surface area contributed by atoms with Crippen molar-refractivity contribution in [3.63, 3.8) is 0 Å². The maximum absolute atomic E-state index is 12.1. The molecule has 0 radical (unpaired) electrons. The lowest BCUT2D eigenvalue weighted by Gasteiger charge is -2.15. The van der Waals surface area contributed by atoms with Crippen LogP contribution in [0, 0.1) is 0 Å². The van der Waals surface area contributed by atoms with Crippen molar-refractivity contribution in [1.29, 1.82) is 0 Å². The van der Waals surface area contributed by atoms with E-state index in [-0.39, 0.29) is 4.90 Å². The summed E-state index contributed by atoms with van der Waals surface area (Å²) in [6, 6.07) is 5.58. The second-order valence-corrected chi connectivity index (χ2v) is 6.01. The van der Waals surface area contributed by atoms with Crippen LogP contribution in [0.5, 0.6) is 0 Å². The number of benzene rings is 1. The normalized spacial score (nSPS) is 11.9. The van der Waals surface area contributed by atoms with Crippen LogP contribution in [0.2, 0.25) is 0 Å². The molecule has 0 fully saturated rings. The first-order valence-corrected chi connectivity index (χ1v) is 6.93. The van der Waals surface area contributed by atoms with Gasteiger partial charge in [-0.15, -0.1) is 0 Å². The summed E-state index contributed by atoms with van der Waals surface area (Å²) in [7, 11) is -2.54. The van der Waals surface area contributed by atoms with E-state index < -0.39 is 28.4 Å². The highest BCUT2D eigenvalue weighted by molar-refractivity contribution is 7.89. The molecule has 0 atom stereocenters. The third kappa shape index (κ3) is 4.18. The Morgan fingerprint density at radius 2 is 1.85 bits per heavy atom. The number of carboxylic acids is 1. The summed E-state index contributed by atoms with van der Waals surface area (Å²) in [5.41, 5.74) is 5.50. The van der Waals surface area contributed by atoms with Gasteiger partial charge in [0.25, 0.3) is 0 Å². The summed E-state index contributed by atoms with van der Waals surface area (Å²) < 4.78 is 24.9. The Kier molecular flexibility index (Phi) is 5.00. The standard InChI is InChI=1S/C12H14N2O5S/c1-14(8-11(13)15)20(18,19)10-5-2-9(3-6-10)4-7-12(16)17/h2-7H,8H2,1H3,(H2,13,15)(H,16,17)/b7-4+. The maximum atomic E-state index is 12.1. The molecule has 8 heteroatoms. The highest BCUT2D eigenvalue weighted by Gasteiger charge is 2.21. The van der Waals surface area contributed by atoms with E-state index in [0.717, 1.165) is 10.4 Å². The van der Waals surface area contributed by atoms with Crippen LogP contribution in [0.4, 0.5) is 0 Å². The monoisotopic (exact) mass is 298 g/mol. The van der Waals surface area contributed by atoms with Crippen LogP contribution in [-0.2, 0) is 19.6 Å². The summed E-state index contributed by atoms with van der Waals surface area (Å²) in [4.78, 5) is 21.1. The molecule has 3 N–H and O–H groups in total. The van der Waals surface area contributed by atoms with Gasteiger partial charge < -0.3 is 10.8 Å². The van der Waals surface area contributed by atoms with E-state index in [4.69, 9.17) is 10.8 Å². The first kappa shape index (κ1) is 15.9.